The van der Waals surface area contributed by atoms with Crippen molar-refractivity contribution >= 4 is 23.4 Å². The standard InChI is InChI=1S/C11H13ClN2O2/c1-3-7-14(4-2)10-8(11(15)16)5-6-9(12)13-10/h3,5-6H,1,4,7H2,2H3,(H,15,16). The SMILES string of the molecule is C=CCN(CC)c1nc(Cl)ccc1C(=O)O. The van der Waals surface area contributed by atoms with E-state index in [0.717, 1.165) is 0 Å². The lowest BCUT2D eigenvalue weighted by atomic mass is 10.2. The Kier molecular flexibility index (Phi) is 4.31. The highest BCUT2D eigenvalue weighted by Gasteiger charge is 2.16. The zero-order chi connectivity index (χ0) is 12.1. The van der Waals surface area contributed by atoms with Crippen LogP contribution >= 0.6 is 11.6 Å². The van der Waals surface area contributed by atoms with Gasteiger partial charge in [0, 0.05) is 13.1 Å². The predicted molar refractivity (Wildman–Crippen MR) is 64.3 cm³/mol. The van der Waals surface area contributed by atoms with E-state index in [0.29, 0.717) is 18.9 Å². The molecule has 0 saturated heterocycles. The van der Waals surface area contributed by atoms with Gasteiger partial charge in [-0.1, -0.05) is 17.7 Å². The number of nitrogens with zero attached hydrogens (tertiary/aromatic N) is 2. The Morgan fingerprint density at radius 1 is 1.69 bits per heavy atom. The smallest absolute Gasteiger partial charge is 0.339 e. The molecule has 0 radical (unpaired) electrons. The van der Waals surface area contributed by atoms with Crippen molar-refractivity contribution in [2.75, 3.05) is 18.0 Å². The van der Waals surface area contributed by atoms with Gasteiger partial charge in [-0.05, 0) is 19.1 Å². The number of carboxylic acids is 1. The summed E-state index contributed by atoms with van der Waals surface area (Å²) in [7, 11) is 0. The van der Waals surface area contributed by atoms with Crippen molar-refractivity contribution in [1.29, 1.82) is 0 Å². The lowest BCUT2D eigenvalue weighted by Gasteiger charge is -2.21. The van der Waals surface area contributed by atoms with Gasteiger partial charge in [0.2, 0.25) is 0 Å². The fraction of sp³-hybridized carbons (Fsp3) is 0.273. The van der Waals surface area contributed by atoms with Crippen LogP contribution in [-0.2, 0) is 0 Å². The number of carboxylic acid groups (broad SMARTS) is 1. The van der Waals surface area contributed by atoms with E-state index in [2.05, 4.69) is 11.6 Å². The summed E-state index contributed by atoms with van der Waals surface area (Å²) in [5, 5.41) is 9.31. The Morgan fingerprint density at radius 3 is 2.88 bits per heavy atom. The molecule has 1 heterocycles. The third-order valence-electron chi connectivity index (χ3n) is 2.10. The molecule has 0 amide bonds. The Bertz CT molecular complexity index is 407. The zero-order valence-electron chi connectivity index (χ0n) is 8.98. The molecular formula is C11H13ClN2O2. The molecule has 0 aromatic carbocycles. The van der Waals surface area contributed by atoms with Gasteiger partial charge in [0.1, 0.15) is 16.5 Å². The molecule has 4 nitrogen and oxygen atoms in total. The number of carbonyl (C=O) groups is 1. The third kappa shape index (κ3) is 2.73. The first kappa shape index (κ1) is 12.5. The van der Waals surface area contributed by atoms with Gasteiger partial charge in [-0.15, -0.1) is 6.58 Å². The lowest BCUT2D eigenvalue weighted by Crippen LogP contribution is -2.26. The van der Waals surface area contributed by atoms with Crippen molar-refractivity contribution in [3.8, 4) is 0 Å². The minimum Gasteiger partial charge on any atom is -0.478 e. The molecular weight excluding hydrogens is 228 g/mol. The second kappa shape index (κ2) is 5.51. The van der Waals surface area contributed by atoms with Crippen LogP contribution in [0.4, 0.5) is 5.82 Å². The van der Waals surface area contributed by atoms with E-state index in [1.54, 1.807) is 11.0 Å². The van der Waals surface area contributed by atoms with Gasteiger partial charge >= 0.3 is 5.97 Å². The van der Waals surface area contributed by atoms with Gasteiger partial charge in [-0.25, -0.2) is 9.78 Å². The molecule has 86 valence electrons. The summed E-state index contributed by atoms with van der Waals surface area (Å²) in [6.07, 6.45) is 1.69. The molecule has 1 aromatic heterocycles. The summed E-state index contributed by atoms with van der Waals surface area (Å²) in [5.41, 5.74) is 0.146. The van der Waals surface area contributed by atoms with Crippen molar-refractivity contribution in [3.05, 3.63) is 35.5 Å². The molecule has 5 heteroatoms. The molecule has 1 aromatic rings. The van der Waals surface area contributed by atoms with Gasteiger partial charge < -0.3 is 10.0 Å². The van der Waals surface area contributed by atoms with E-state index in [9.17, 15) is 4.79 Å². The Balaban J connectivity index is 3.21. The van der Waals surface area contributed by atoms with E-state index >= 15 is 0 Å². The van der Waals surface area contributed by atoms with E-state index in [4.69, 9.17) is 16.7 Å². The highest BCUT2D eigenvalue weighted by molar-refractivity contribution is 6.29. The molecule has 1 rings (SSSR count). The van der Waals surface area contributed by atoms with Crippen LogP contribution in [0.2, 0.25) is 5.15 Å². The van der Waals surface area contributed by atoms with Crippen LogP contribution in [0.15, 0.2) is 24.8 Å². The van der Waals surface area contributed by atoms with E-state index in [1.807, 2.05) is 6.92 Å². The number of hydrogen-bond donors (Lipinski definition) is 1. The molecule has 0 aliphatic carbocycles. The molecule has 0 spiro atoms. The van der Waals surface area contributed by atoms with E-state index < -0.39 is 5.97 Å². The van der Waals surface area contributed by atoms with Crippen molar-refractivity contribution in [1.82, 2.24) is 4.98 Å². The minimum absolute atomic E-state index is 0.146. The first-order chi connectivity index (χ1) is 7.60. The van der Waals surface area contributed by atoms with E-state index in [-0.39, 0.29) is 10.7 Å². The molecule has 0 atom stereocenters. The maximum absolute atomic E-state index is 11.0. The van der Waals surface area contributed by atoms with Gasteiger partial charge in [-0.2, -0.15) is 0 Å². The van der Waals surface area contributed by atoms with Crippen molar-refractivity contribution in [2.24, 2.45) is 0 Å². The molecule has 0 aliphatic heterocycles. The van der Waals surface area contributed by atoms with Crippen LogP contribution in [0.5, 0.6) is 0 Å². The summed E-state index contributed by atoms with van der Waals surface area (Å²) in [6.45, 7) is 6.71. The van der Waals surface area contributed by atoms with Gasteiger partial charge in [0.15, 0.2) is 0 Å². The second-order valence-corrected chi connectivity index (χ2v) is 3.52. The fourth-order valence-corrected chi connectivity index (χ4v) is 1.50. The summed E-state index contributed by atoms with van der Waals surface area (Å²) in [6, 6.07) is 2.93. The quantitative estimate of drug-likeness (QED) is 0.635. The van der Waals surface area contributed by atoms with Crippen LogP contribution in [0, 0.1) is 0 Å². The number of rotatable bonds is 5. The van der Waals surface area contributed by atoms with E-state index in [1.165, 1.54) is 12.1 Å². The largest absolute Gasteiger partial charge is 0.478 e. The van der Waals surface area contributed by atoms with Crippen molar-refractivity contribution in [3.63, 3.8) is 0 Å². The van der Waals surface area contributed by atoms with Crippen LogP contribution in [0.3, 0.4) is 0 Å². The Labute approximate surface area is 99.2 Å². The summed E-state index contributed by atoms with van der Waals surface area (Å²) in [4.78, 5) is 16.9. The Morgan fingerprint density at radius 2 is 2.38 bits per heavy atom. The number of aromatic nitrogens is 1. The minimum atomic E-state index is -1.01. The monoisotopic (exact) mass is 240 g/mol. The second-order valence-electron chi connectivity index (χ2n) is 3.14. The van der Waals surface area contributed by atoms with Crippen LogP contribution in [-0.4, -0.2) is 29.1 Å². The van der Waals surface area contributed by atoms with Crippen LogP contribution in [0.1, 0.15) is 17.3 Å². The Hall–Kier alpha value is -1.55. The normalized spacial score (nSPS) is 9.88. The van der Waals surface area contributed by atoms with Crippen molar-refractivity contribution in [2.45, 2.75) is 6.92 Å². The molecule has 0 fully saturated rings. The summed E-state index contributed by atoms with van der Waals surface area (Å²) >= 11 is 5.77. The number of hydrogen-bond acceptors (Lipinski definition) is 3. The number of pyridine rings is 1. The summed E-state index contributed by atoms with van der Waals surface area (Å²) < 4.78 is 0. The topological polar surface area (TPSA) is 53.4 Å². The predicted octanol–water partition coefficient (Wildman–Crippen LogP) is 2.45. The fourth-order valence-electron chi connectivity index (χ4n) is 1.35. The third-order valence-corrected chi connectivity index (χ3v) is 2.31. The number of likely N-dealkylation sites (N-methyl/N-ethyl adjacent to an activating group) is 1. The molecule has 16 heavy (non-hydrogen) atoms. The lowest BCUT2D eigenvalue weighted by molar-refractivity contribution is 0.0697. The zero-order valence-corrected chi connectivity index (χ0v) is 9.74. The first-order valence-electron chi connectivity index (χ1n) is 4.85. The highest BCUT2D eigenvalue weighted by atomic mass is 35.5. The maximum Gasteiger partial charge on any atom is 0.339 e. The number of halogens is 1. The average Bonchev–Trinajstić information content (AvgIpc) is 2.25. The highest BCUT2D eigenvalue weighted by Crippen LogP contribution is 2.20. The molecule has 0 saturated carbocycles. The average molecular weight is 241 g/mol. The van der Waals surface area contributed by atoms with Gasteiger partial charge in [0.25, 0.3) is 0 Å². The maximum atomic E-state index is 11.0. The number of aromatic carboxylic acids is 1. The first-order valence-corrected chi connectivity index (χ1v) is 5.23. The van der Waals surface area contributed by atoms with Crippen LogP contribution in [0.25, 0.3) is 0 Å². The molecule has 0 aliphatic rings. The van der Waals surface area contributed by atoms with Crippen molar-refractivity contribution < 1.29 is 9.90 Å². The van der Waals surface area contributed by atoms with Gasteiger partial charge in [-0.3, -0.25) is 0 Å². The summed E-state index contributed by atoms with van der Waals surface area (Å²) in [5.74, 6) is -0.635. The molecule has 1 N–H and O–H groups in total. The number of anilines is 1. The van der Waals surface area contributed by atoms with Crippen LogP contribution < -0.4 is 4.90 Å². The molecule has 0 bridgehead atoms. The van der Waals surface area contributed by atoms with Gasteiger partial charge in [0.05, 0.1) is 0 Å². The molecule has 0 unspecified atom stereocenters.